The average Bonchev–Trinajstić information content (AvgIpc) is 3.26. The normalized spacial score (nSPS) is 17.1. The second kappa shape index (κ2) is 6.72. The van der Waals surface area contributed by atoms with Crippen LogP contribution in [-0.4, -0.2) is 48.4 Å². The Morgan fingerprint density at radius 1 is 1.27 bits per heavy atom. The zero-order valence-corrected chi connectivity index (χ0v) is 14.8. The van der Waals surface area contributed by atoms with Crippen LogP contribution in [0.3, 0.4) is 0 Å². The lowest BCUT2D eigenvalue weighted by molar-refractivity contribution is -0.122. The molecule has 1 aromatic carbocycles. The number of likely N-dealkylation sites (N-methyl/N-ethyl adjacent to an activating group) is 1. The first-order valence-corrected chi connectivity index (χ1v) is 8.56. The lowest BCUT2D eigenvalue weighted by Gasteiger charge is -2.32. The number of carbonyl (C=O) groups excluding carboxylic acids is 1. The maximum atomic E-state index is 12.7. The van der Waals surface area contributed by atoms with Gasteiger partial charge in [0.1, 0.15) is 17.7 Å². The highest BCUT2D eigenvalue weighted by Gasteiger charge is 2.31. The number of hydrogen-bond donors (Lipinski definition) is 1. The van der Waals surface area contributed by atoms with Crippen LogP contribution in [-0.2, 0) is 24.4 Å². The number of aromatic nitrogens is 5. The molecule has 0 fully saturated rings. The number of benzene rings is 1. The third-order valence-corrected chi connectivity index (χ3v) is 4.72. The summed E-state index contributed by atoms with van der Waals surface area (Å²) < 4.78 is 3.88. The van der Waals surface area contributed by atoms with Crippen molar-refractivity contribution in [2.75, 3.05) is 12.4 Å². The molecule has 2 aromatic heterocycles. The van der Waals surface area contributed by atoms with Crippen LogP contribution in [0.25, 0.3) is 0 Å². The van der Waals surface area contributed by atoms with Gasteiger partial charge >= 0.3 is 0 Å². The Bertz CT molecular complexity index is 898. The molecule has 26 heavy (non-hydrogen) atoms. The average molecular weight is 351 g/mol. The maximum Gasteiger partial charge on any atom is 0.243 e. The Morgan fingerprint density at radius 2 is 2.08 bits per heavy atom. The summed E-state index contributed by atoms with van der Waals surface area (Å²) in [5.74, 6) is 1.72. The van der Waals surface area contributed by atoms with E-state index in [9.17, 15) is 4.79 Å². The van der Waals surface area contributed by atoms with E-state index >= 15 is 0 Å². The molecule has 1 aliphatic rings. The minimum atomic E-state index is -0.249. The Hall–Kier alpha value is -3.00. The van der Waals surface area contributed by atoms with Gasteiger partial charge in [-0.2, -0.15) is 5.10 Å². The van der Waals surface area contributed by atoms with Crippen molar-refractivity contribution in [3.63, 3.8) is 0 Å². The predicted octanol–water partition coefficient (Wildman–Crippen LogP) is 1.28. The van der Waals surface area contributed by atoms with Gasteiger partial charge in [-0.3, -0.25) is 14.4 Å². The number of hydrogen-bond acceptors (Lipinski definition) is 5. The zero-order chi connectivity index (χ0) is 18.1. The van der Waals surface area contributed by atoms with E-state index in [0.29, 0.717) is 19.6 Å². The van der Waals surface area contributed by atoms with Gasteiger partial charge in [-0.05, 0) is 37.7 Å². The minimum Gasteiger partial charge on any atom is -0.325 e. The summed E-state index contributed by atoms with van der Waals surface area (Å²) in [6, 6.07) is 9.51. The van der Waals surface area contributed by atoms with E-state index < -0.39 is 0 Å². The SMILES string of the molecule is Cc1nnc2n1CC(C(=O)Nc1ccc(Cn3cccn3)cc1)N(C)C2. The van der Waals surface area contributed by atoms with Gasteiger partial charge in [0.15, 0.2) is 0 Å². The number of fused-ring (bicyclic) bond motifs is 1. The Balaban J connectivity index is 1.42. The number of amides is 1. The van der Waals surface area contributed by atoms with Crippen molar-refractivity contribution in [1.29, 1.82) is 0 Å². The fourth-order valence-corrected chi connectivity index (χ4v) is 3.21. The molecule has 0 spiro atoms. The third kappa shape index (κ3) is 3.23. The molecule has 0 saturated carbocycles. The molecular weight excluding hydrogens is 330 g/mol. The summed E-state index contributed by atoms with van der Waals surface area (Å²) in [6.07, 6.45) is 3.69. The highest BCUT2D eigenvalue weighted by atomic mass is 16.2. The van der Waals surface area contributed by atoms with Crippen molar-refractivity contribution in [3.05, 3.63) is 59.9 Å². The molecule has 0 aliphatic carbocycles. The first kappa shape index (κ1) is 16.5. The van der Waals surface area contributed by atoms with E-state index in [0.717, 1.165) is 22.9 Å². The van der Waals surface area contributed by atoms with E-state index in [4.69, 9.17) is 0 Å². The molecule has 3 aromatic rings. The topological polar surface area (TPSA) is 80.9 Å². The van der Waals surface area contributed by atoms with Gasteiger partial charge in [0.2, 0.25) is 5.91 Å². The fourth-order valence-electron chi connectivity index (χ4n) is 3.21. The van der Waals surface area contributed by atoms with Crippen molar-refractivity contribution < 1.29 is 4.79 Å². The smallest absolute Gasteiger partial charge is 0.243 e. The van der Waals surface area contributed by atoms with Crippen LogP contribution in [0.5, 0.6) is 0 Å². The summed E-state index contributed by atoms with van der Waals surface area (Å²) >= 11 is 0. The van der Waals surface area contributed by atoms with Crippen LogP contribution in [0.1, 0.15) is 17.2 Å². The van der Waals surface area contributed by atoms with Gasteiger partial charge < -0.3 is 9.88 Å². The third-order valence-electron chi connectivity index (χ3n) is 4.72. The molecule has 8 nitrogen and oxygen atoms in total. The van der Waals surface area contributed by atoms with Crippen molar-refractivity contribution in [1.82, 2.24) is 29.4 Å². The number of aryl methyl sites for hydroxylation is 1. The van der Waals surface area contributed by atoms with Gasteiger partial charge in [-0.1, -0.05) is 12.1 Å². The van der Waals surface area contributed by atoms with Crippen LogP contribution < -0.4 is 5.32 Å². The van der Waals surface area contributed by atoms with Crippen LogP contribution in [0.15, 0.2) is 42.7 Å². The quantitative estimate of drug-likeness (QED) is 0.766. The van der Waals surface area contributed by atoms with Gasteiger partial charge in [0.05, 0.1) is 19.6 Å². The van der Waals surface area contributed by atoms with Crippen molar-refractivity contribution in [2.24, 2.45) is 0 Å². The van der Waals surface area contributed by atoms with Crippen LogP contribution >= 0.6 is 0 Å². The van der Waals surface area contributed by atoms with Gasteiger partial charge in [0, 0.05) is 18.1 Å². The summed E-state index contributed by atoms with van der Waals surface area (Å²) in [6.45, 7) is 3.80. The molecule has 4 rings (SSSR count). The molecule has 1 unspecified atom stereocenters. The van der Waals surface area contributed by atoms with E-state index in [1.165, 1.54) is 0 Å². The van der Waals surface area contributed by atoms with E-state index in [1.54, 1.807) is 6.20 Å². The Morgan fingerprint density at radius 3 is 2.81 bits per heavy atom. The molecule has 3 heterocycles. The van der Waals surface area contributed by atoms with Crippen molar-refractivity contribution in [3.8, 4) is 0 Å². The second-order valence-corrected chi connectivity index (χ2v) is 6.59. The summed E-state index contributed by atoms with van der Waals surface area (Å²) in [5.41, 5.74) is 1.92. The van der Waals surface area contributed by atoms with E-state index in [-0.39, 0.29) is 11.9 Å². The van der Waals surface area contributed by atoms with Gasteiger partial charge in [-0.25, -0.2) is 0 Å². The number of nitrogens with one attached hydrogen (secondary N) is 1. The lowest BCUT2D eigenvalue weighted by atomic mass is 10.1. The zero-order valence-electron chi connectivity index (χ0n) is 14.8. The van der Waals surface area contributed by atoms with E-state index in [2.05, 4.69) is 20.6 Å². The second-order valence-electron chi connectivity index (χ2n) is 6.59. The van der Waals surface area contributed by atoms with E-state index in [1.807, 2.05) is 64.6 Å². The largest absolute Gasteiger partial charge is 0.325 e. The van der Waals surface area contributed by atoms with Gasteiger partial charge in [-0.15, -0.1) is 10.2 Å². The molecule has 134 valence electrons. The number of carbonyl (C=O) groups is 1. The molecular formula is C18H21N7O. The summed E-state index contributed by atoms with van der Waals surface area (Å²) in [5, 5.41) is 15.5. The van der Waals surface area contributed by atoms with Crippen molar-refractivity contribution in [2.45, 2.75) is 32.6 Å². The minimum absolute atomic E-state index is 0.0222. The Labute approximate surface area is 151 Å². The molecule has 1 atom stereocenters. The molecule has 0 radical (unpaired) electrons. The maximum absolute atomic E-state index is 12.7. The monoisotopic (exact) mass is 351 g/mol. The molecule has 1 N–H and O–H groups in total. The highest BCUT2D eigenvalue weighted by molar-refractivity contribution is 5.94. The summed E-state index contributed by atoms with van der Waals surface area (Å²) in [4.78, 5) is 14.7. The fraction of sp³-hybridized carbons (Fsp3) is 0.333. The standard InChI is InChI=1S/C18H21N7O/c1-13-21-22-17-12-23(2)16(11-25(13)17)18(26)20-15-6-4-14(5-7-15)10-24-9-3-8-19-24/h3-9,16H,10-12H2,1-2H3,(H,20,26). The lowest BCUT2D eigenvalue weighted by Crippen LogP contribution is -2.48. The van der Waals surface area contributed by atoms with Crippen molar-refractivity contribution >= 4 is 11.6 Å². The molecule has 0 saturated heterocycles. The molecule has 0 bridgehead atoms. The first-order chi connectivity index (χ1) is 12.6. The Kier molecular flexibility index (Phi) is 4.26. The number of nitrogens with zero attached hydrogens (tertiary/aromatic N) is 6. The van der Waals surface area contributed by atoms with Crippen LogP contribution in [0.4, 0.5) is 5.69 Å². The first-order valence-electron chi connectivity index (χ1n) is 8.56. The predicted molar refractivity (Wildman–Crippen MR) is 96.4 cm³/mol. The molecule has 1 amide bonds. The molecule has 1 aliphatic heterocycles. The number of anilines is 1. The van der Waals surface area contributed by atoms with Gasteiger partial charge in [0.25, 0.3) is 0 Å². The molecule has 8 heteroatoms. The van der Waals surface area contributed by atoms with Crippen LogP contribution in [0.2, 0.25) is 0 Å². The number of rotatable bonds is 4. The summed E-state index contributed by atoms with van der Waals surface area (Å²) in [7, 11) is 1.94. The van der Waals surface area contributed by atoms with Crippen LogP contribution in [0, 0.1) is 6.92 Å². The highest BCUT2D eigenvalue weighted by Crippen LogP contribution is 2.18.